The monoisotopic (exact) mass is 204 g/mol. The number of nitrogens with zero attached hydrogens (tertiary/aromatic N) is 1. The van der Waals surface area contributed by atoms with Gasteiger partial charge in [-0.1, -0.05) is 28.2 Å². The van der Waals surface area contributed by atoms with E-state index in [1.165, 1.54) is 0 Å². The summed E-state index contributed by atoms with van der Waals surface area (Å²) in [6, 6.07) is 0. The van der Waals surface area contributed by atoms with E-state index in [1.54, 1.807) is 4.90 Å². The summed E-state index contributed by atoms with van der Waals surface area (Å²) >= 11 is 0. The van der Waals surface area contributed by atoms with Crippen molar-refractivity contribution in [3.63, 3.8) is 0 Å². The first-order valence-electron chi connectivity index (χ1n) is 2.36. The minimum atomic E-state index is 0. The van der Waals surface area contributed by atoms with Crippen LogP contribution < -0.4 is 0 Å². The van der Waals surface area contributed by atoms with Crippen molar-refractivity contribution in [2.45, 2.75) is 33.7 Å². The molecule has 0 aromatic heterocycles. The summed E-state index contributed by atoms with van der Waals surface area (Å²) in [6.45, 7) is 6.19. The van der Waals surface area contributed by atoms with Crippen molar-refractivity contribution in [2.75, 3.05) is 0 Å². The molecule has 0 bridgehead atoms. The molecule has 0 saturated carbocycles. The molecular weight excluding hydrogens is 187 g/mol. The van der Waals surface area contributed by atoms with Crippen molar-refractivity contribution < 1.29 is 32.7 Å². The zero-order chi connectivity index (χ0) is 6.08. The molecule has 0 heterocycles. The van der Waals surface area contributed by atoms with E-state index in [0.29, 0.717) is 0 Å². The van der Waals surface area contributed by atoms with E-state index in [2.05, 4.69) is 34.9 Å². The van der Waals surface area contributed by atoms with Crippen LogP contribution in [0.15, 0.2) is 0 Å². The molecule has 0 rings (SSSR count). The molecule has 55 valence electrons. The third kappa shape index (κ3) is 9.06. The van der Waals surface area contributed by atoms with Gasteiger partial charge in [-0.25, -0.2) is 0 Å². The van der Waals surface area contributed by atoms with Crippen molar-refractivity contribution in [3.8, 4) is 0 Å². The van der Waals surface area contributed by atoms with Gasteiger partial charge in [0.15, 0.2) is 0 Å². The number of hydrogen-bond donors (Lipinski definition) is 0. The fourth-order valence-electron chi connectivity index (χ4n) is 0. The Labute approximate surface area is 85.1 Å². The molecule has 0 aromatic rings. The molecule has 0 atom stereocenters. The summed E-state index contributed by atoms with van der Waals surface area (Å²) in [5.41, 5.74) is 0.111. The zero-order valence-electron chi connectivity index (χ0n) is 5.94. The van der Waals surface area contributed by atoms with Crippen LogP contribution in [-0.4, -0.2) is 10.4 Å². The van der Waals surface area contributed by atoms with E-state index in [-0.39, 0.29) is 45.7 Å². The molecule has 0 N–H and O–H groups in total. The SMILES string of the molecule is C.[CH2-]N([CH2-])C(C)(C)C.[Y]. The van der Waals surface area contributed by atoms with Crippen molar-refractivity contribution in [1.29, 1.82) is 0 Å². The molecule has 1 nitrogen and oxygen atoms in total. The third-order valence-electron chi connectivity index (χ3n) is 0.949. The van der Waals surface area contributed by atoms with Crippen LogP contribution >= 0.6 is 0 Å². The van der Waals surface area contributed by atoms with Gasteiger partial charge in [0, 0.05) is 32.7 Å². The van der Waals surface area contributed by atoms with E-state index in [4.69, 9.17) is 0 Å². The van der Waals surface area contributed by atoms with Gasteiger partial charge in [0.2, 0.25) is 0 Å². The van der Waals surface area contributed by atoms with Gasteiger partial charge < -0.3 is 19.0 Å². The summed E-state index contributed by atoms with van der Waals surface area (Å²) < 4.78 is 0. The average molecular weight is 204 g/mol. The molecule has 0 aliphatic rings. The Balaban J connectivity index is -0.000000180. The molecule has 0 aliphatic carbocycles. The van der Waals surface area contributed by atoms with Gasteiger partial charge in [0.1, 0.15) is 0 Å². The minimum Gasteiger partial charge on any atom is -0.606 e. The topological polar surface area (TPSA) is 3.24 Å². The van der Waals surface area contributed by atoms with Crippen LogP contribution in [0.5, 0.6) is 0 Å². The Morgan fingerprint density at radius 2 is 1.22 bits per heavy atom. The predicted octanol–water partition coefficient (Wildman–Crippen LogP) is 2.30. The molecule has 0 unspecified atom stereocenters. The fraction of sp³-hybridized carbons (Fsp3) is 0.714. The molecule has 0 amide bonds. The molecule has 1 radical (unpaired) electrons. The van der Waals surface area contributed by atoms with Gasteiger partial charge >= 0.3 is 0 Å². The molecule has 2 heteroatoms. The Morgan fingerprint density at radius 1 is 1.11 bits per heavy atom. The first kappa shape index (κ1) is 16.6. The second kappa shape index (κ2) is 5.82. The average Bonchev–Trinajstić information content (AvgIpc) is 1.31. The number of rotatable bonds is 0. The summed E-state index contributed by atoms with van der Waals surface area (Å²) in [4.78, 5) is 1.69. The van der Waals surface area contributed by atoms with Crippen LogP contribution in [0, 0.1) is 14.1 Å². The molecule has 0 aromatic carbocycles. The largest absolute Gasteiger partial charge is 0.606 e. The predicted molar refractivity (Wildman–Crippen MR) is 39.0 cm³/mol. The number of hydrogen-bond acceptors (Lipinski definition) is 1. The van der Waals surface area contributed by atoms with Crippen LogP contribution in [-0.2, 0) is 32.7 Å². The molecular formula is C7H17NY-2. The quantitative estimate of drug-likeness (QED) is 0.547. The summed E-state index contributed by atoms with van der Waals surface area (Å²) in [7, 11) is 7.26. The molecule has 0 spiro atoms. The van der Waals surface area contributed by atoms with E-state index in [1.807, 2.05) is 0 Å². The second-order valence-electron chi connectivity index (χ2n) is 2.71. The fourth-order valence-corrected chi connectivity index (χ4v) is 0. The Kier molecular flexibility index (Phi) is 10.7. The van der Waals surface area contributed by atoms with Gasteiger partial charge in [-0.2, -0.15) is 0 Å². The molecule has 9 heavy (non-hydrogen) atoms. The maximum absolute atomic E-state index is 3.63. The Morgan fingerprint density at radius 3 is 1.22 bits per heavy atom. The van der Waals surface area contributed by atoms with E-state index < -0.39 is 0 Å². The van der Waals surface area contributed by atoms with Crippen molar-refractivity contribution in [1.82, 2.24) is 4.90 Å². The van der Waals surface area contributed by atoms with E-state index in [0.717, 1.165) is 0 Å². The van der Waals surface area contributed by atoms with Crippen LogP contribution in [0.25, 0.3) is 0 Å². The van der Waals surface area contributed by atoms with E-state index >= 15 is 0 Å². The van der Waals surface area contributed by atoms with Gasteiger partial charge in [-0.3, -0.25) is 0 Å². The van der Waals surface area contributed by atoms with E-state index in [9.17, 15) is 0 Å². The van der Waals surface area contributed by atoms with Gasteiger partial charge in [0.05, 0.1) is 0 Å². The first-order valence-corrected chi connectivity index (χ1v) is 2.36. The van der Waals surface area contributed by atoms with Crippen molar-refractivity contribution in [2.24, 2.45) is 0 Å². The third-order valence-corrected chi connectivity index (χ3v) is 0.949. The molecule has 0 saturated heterocycles. The van der Waals surface area contributed by atoms with Crippen molar-refractivity contribution >= 4 is 0 Å². The Bertz CT molecular complexity index is 54.4. The van der Waals surface area contributed by atoms with Gasteiger partial charge in [-0.15, -0.1) is 0 Å². The normalized spacial score (nSPS) is 10.0. The maximum atomic E-state index is 3.63. The Hall–Kier alpha value is 1.06. The first-order chi connectivity index (χ1) is 2.94. The maximum Gasteiger partial charge on any atom is 0 e. The molecule has 0 fully saturated rings. The van der Waals surface area contributed by atoms with Crippen molar-refractivity contribution in [3.05, 3.63) is 14.1 Å². The van der Waals surface area contributed by atoms with Gasteiger partial charge in [0.25, 0.3) is 0 Å². The van der Waals surface area contributed by atoms with Crippen LogP contribution in [0.3, 0.4) is 0 Å². The zero-order valence-corrected chi connectivity index (χ0v) is 8.78. The summed E-state index contributed by atoms with van der Waals surface area (Å²) in [5, 5.41) is 0. The van der Waals surface area contributed by atoms with Crippen LogP contribution in [0.1, 0.15) is 28.2 Å². The second-order valence-corrected chi connectivity index (χ2v) is 2.71. The summed E-state index contributed by atoms with van der Waals surface area (Å²) in [5.74, 6) is 0. The minimum absolute atomic E-state index is 0. The van der Waals surface area contributed by atoms with Gasteiger partial charge in [-0.05, 0) is 5.54 Å². The summed E-state index contributed by atoms with van der Waals surface area (Å²) in [6.07, 6.45) is 0. The van der Waals surface area contributed by atoms with Crippen LogP contribution in [0.4, 0.5) is 0 Å². The van der Waals surface area contributed by atoms with Crippen LogP contribution in [0.2, 0.25) is 0 Å². The smallest absolute Gasteiger partial charge is 0 e. The molecule has 0 aliphatic heterocycles. The standard InChI is InChI=1S/C6H13N.CH4.Y/c1-6(2,3)7(4)5;;/h4-5H2,1-3H3;1H4;/q-2;;.